The number of fused-ring (bicyclic) bond motifs is 1. The molecule has 0 spiro atoms. The van der Waals surface area contributed by atoms with Crippen LogP contribution in [0.5, 0.6) is 5.75 Å². The van der Waals surface area contributed by atoms with Crippen LogP contribution in [0.1, 0.15) is 29.7 Å². The molecule has 1 saturated heterocycles. The number of rotatable bonds is 7. The largest absolute Gasteiger partial charge is 0.497 e. The normalized spacial score (nSPS) is 17.2. The molecule has 5 nitrogen and oxygen atoms in total. The molecule has 4 rings (SSSR count). The second-order valence-electron chi connectivity index (χ2n) is 8.35. The van der Waals surface area contributed by atoms with Gasteiger partial charge in [0.25, 0.3) is 0 Å². The highest BCUT2D eigenvalue weighted by Crippen LogP contribution is 2.25. The molecule has 1 aliphatic rings. The zero-order chi connectivity index (χ0) is 20.9. The topological polar surface area (TPSA) is 57.4 Å². The fourth-order valence-corrected chi connectivity index (χ4v) is 4.47. The van der Waals surface area contributed by atoms with Crippen LogP contribution in [0.4, 0.5) is 0 Å². The molecule has 2 N–H and O–H groups in total. The number of hydrogen-bond donors (Lipinski definition) is 2. The van der Waals surface area contributed by atoms with E-state index in [4.69, 9.17) is 4.74 Å². The Balaban J connectivity index is 1.29. The van der Waals surface area contributed by atoms with Gasteiger partial charge in [-0.15, -0.1) is 0 Å². The number of carbonyl (C=O) groups is 1. The number of aromatic amines is 1. The van der Waals surface area contributed by atoms with E-state index in [0.29, 0.717) is 12.3 Å². The van der Waals surface area contributed by atoms with E-state index in [2.05, 4.69) is 46.4 Å². The summed E-state index contributed by atoms with van der Waals surface area (Å²) >= 11 is 0. The molecule has 1 aromatic heterocycles. The third-order valence-electron chi connectivity index (χ3n) is 6.12. The predicted molar refractivity (Wildman–Crippen MR) is 121 cm³/mol. The number of aryl methyl sites for hydroxylation is 1. The number of nitrogens with one attached hydrogen (secondary N) is 2. The van der Waals surface area contributed by atoms with Gasteiger partial charge in [-0.2, -0.15) is 0 Å². The lowest BCUT2D eigenvalue weighted by atomic mass is 9.97. The highest BCUT2D eigenvalue weighted by atomic mass is 16.5. The zero-order valence-corrected chi connectivity index (χ0v) is 17.9. The lowest BCUT2D eigenvalue weighted by Crippen LogP contribution is -2.40. The van der Waals surface area contributed by atoms with Crippen molar-refractivity contribution in [1.82, 2.24) is 15.2 Å². The first-order valence-corrected chi connectivity index (χ1v) is 10.8. The van der Waals surface area contributed by atoms with E-state index in [1.807, 2.05) is 24.3 Å². The number of carbonyl (C=O) groups excluding carboxylic acids is 1. The maximum absolute atomic E-state index is 12.4. The summed E-state index contributed by atoms with van der Waals surface area (Å²) in [5.74, 6) is 1.40. The van der Waals surface area contributed by atoms with Crippen LogP contribution >= 0.6 is 0 Å². The van der Waals surface area contributed by atoms with Gasteiger partial charge in [-0.25, -0.2) is 0 Å². The van der Waals surface area contributed by atoms with Gasteiger partial charge in [0.15, 0.2) is 0 Å². The van der Waals surface area contributed by atoms with Crippen molar-refractivity contribution >= 4 is 16.8 Å². The van der Waals surface area contributed by atoms with E-state index >= 15 is 0 Å². The summed E-state index contributed by atoms with van der Waals surface area (Å²) in [6.45, 7) is 6.03. The Kier molecular flexibility index (Phi) is 6.38. The van der Waals surface area contributed by atoms with Crippen LogP contribution < -0.4 is 10.1 Å². The number of ether oxygens (including phenoxy) is 1. The number of likely N-dealkylation sites (tertiary alicyclic amines) is 1. The molecule has 1 amide bonds. The Bertz CT molecular complexity index is 993. The third-order valence-corrected chi connectivity index (χ3v) is 6.12. The van der Waals surface area contributed by atoms with Gasteiger partial charge in [0, 0.05) is 36.2 Å². The maximum Gasteiger partial charge on any atom is 0.224 e. The minimum absolute atomic E-state index is 0.0877. The molecule has 0 unspecified atom stereocenters. The third kappa shape index (κ3) is 4.85. The van der Waals surface area contributed by atoms with Crippen LogP contribution in [0, 0.1) is 12.8 Å². The fraction of sp³-hybridized carbons (Fsp3) is 0.400. The number of piperidine rings is 1. The SMILES string of the molecule is COc1ccc(CC(=O)NC[C@H]2CCCN(Cc3c(C)[nH]c4ccccc34)C2)cc1. The van der Waals surface area contributed by atoms with E-state index in [1.165, 1.54) is 35.0 Å². The monoisotopic (exact) mass is 405 g/mol. The minimum atomic E-state index is 0.0877. The Morgan fingerprint density at radius 1 is 1.20 bits per heavy atom. The number of benzene rings is 2. The lowest BCUT2D eigenvalue weighted by Gasteiger charge is -2.33. The molecule has 2 aromatic carbocycles. The number of nitrogens with zero attached hydrogens (tertiary/aromatic N) is 1. The van der Waals surface area contributed by atoms with Gasteiger partial charge in [-0.1, -0.05) is 30.3 Å². The Morgan fingerprint density at radius 3 is 2.80 bits per heavy atom. The summed E-state index contributed by atoms with van der Waals surface area (Å²) in [6.07, 6.45) is 2.77. The summed E-state index contributed by atoms with van der Waals surface area (Å²) in [5, 5.41) is 4.47. The second kappa shape index (κ2) is 9.35. The summed E-state index contributed by atoms with van der Waals surface area (Å²) in [6, 6.07) is 16.2. The van der Waals surface area contributed by atoms with Crippen molar-refractivity contribution in [1.29, 1.82) is 0 Å². The van der Waals surface area contributed by atoms with Crippen molar-refractivity contribution in [2.45, 2.75) is 32.7 Å². The van der Waals surface area contributed by atoms with Crippen LogP contribution in [-0.2, 0) is 17.8 Å². The first-order valence-electron chi connectivity index (χ1n) is 10.8. The molecule has 2 heterocycles. The lowest BCUT2D eigenvalue weighted by molar-refractivity contribution is -0.120. The van der Waals surface area contributed by atoms with Crippen LogP contribution in [0.2, 0.25) is 0 Å². The molecule has 1 atom stereocenters. The number of H-pyrrole nitrogens is 1. The fourth-order valence-electron chi connectivity index (χ4n) is 4.47. The van der Waals surface area contributed by atoms with Crippen molar-refractivity contribution < 1.29 is 9.53 Å². The standard InChI is InChI=1S/C25H31N3O2/c1-18-23(22-7-3-4-8-24(22)27-18)17-28-13-5-6-20(16-28)15-26-25(29)14-19-9-11-21(30-2)12-10-19/h3-4,7-12,20,27H,5-6,13-17H2,1-2H3,(H,26,29)/t20-/m1/s1. The average molecular weight is 406 g/mol. The van der Waals surface area contributed by atoms with Gasteiger partial charge < -0.3 is 15.0 Å². The molecule has 0 radical (unpaired) electrons. The van der Waals surface area contributed by atoms with E-state index in [9.17, 15) is 4.79 Å². The molecular weight excluding hydrogens is 374 g/mol. The maximum atomic E-state index is 12.4. The van der Waals surface area contributed by atoms with E-state index in [0.717, 1.165) is 37.5 Å². The average Bonchev–Trinajstić information content (AvgIpc) is 3.08. The first kappa shape index (κ1) is 20.5. The second-order valence-corrected chi connectivity index (χ2v) is 8.35. The van der Waals surface area contributed by atoms with Crippen LogP contribution in [0.15, 0.2) is 48.5 Å². The van der Waals surface area contributed by atoms with Gasteiger partial charge in [0.05, 0.1) is 13.5 Å². The minimum Gasteiger partial charge on any atom is -0.497 e. The molecule has 30 heavy (non-hydrogen) atoms. The van der Waals surface area contributed by atoms with Gasteiger partial charge in [0.2, 0.25) is 5.91 Å². The number of aromatic nitrogens is 1. The van der Waals surface area contributed by atoms with Crippen molar-refractivity contribution in [3.63, 3.8) is 0 Å². The molecule has 3 aromatic rings. The zero-order valence-electron chi connectivity index (χ0n) is 17.9. The van der Waals surface area contributed by atoms with Crippen molar-refractivity contribution in [3.8, 4) is 5.75 Å². The summed E-state index contributed by atoms with van der Waals surface area (Å²) in [5.41, 5.74) is 4.87. The molecular formula is C25H31N3O2. The summed E-state index contributed by atoms with van der Waals surface area (Å²) in [4.78, 5) is 18.4. The van der Waals surface area contributed by atoms with Crippen LogP contribution in [-0.4, -0.2) is 42.5 Å². The number of para-hydroxylation sites is 1. The summed E-state index contributed by atoms with van der Waals surface area (Å²) in [7, 11) is 1.65. The predicted octanol–water partition coefficient (Wildman–Crippen LogP) is 4.06. The van der Waals surface area contributed by atoms with Gasteiger partial charge >= 0.3 is 0 Å². The van der Waals surface area contributed by atoms with Crippen molar-refractivity contribution in [3.05, 3.63) is 65.4 Å². The van der Waals surface area contributed by atoms with Crippen molar-refractivity contribution in [2.75, 3.05) is 26.7 Å². The molecule has 0 bridgehead atoms. The van der Waals surface area contributed by atoms with Crippen LogP contribution in [0.3, 0.4) is 0 Å². The van der Waals surface area contributed by atoms with E-state index < -0.39 is 0 Å². The molecule has 1 fully saturated rings. The molecule has 0 aliphatic carbocycles. The number of amides is 1. The molecule has 158 valence electrons. The van der Waals surface area contributed by atoms with Gasteiger partial charge in [-0.3, -0.25) is 9.69 Å². The Labute approximate surface area is 178 Å². The summed E-state index contributed by atoms with van der Waals surface area (Å²) < 4.78 is 5.17. The van der Waals surface area contributed by atoms with Gasteiger partial charge in [0.1, 0.15) is 5.75 Å². The highest BCUT2D eigenvalue weighted by Gasteiger charge is 2.22. The van der Waals surface area contributed by atoms with Crippen molar-refractivity contribution in [2.24, 2.45) is 5.92 Å². The Hall–Kier alpha value is -2.79. The number of methoxy groups -OCH3 is 1. The molecule has 1 aliphatic heterocycles. The smallest absolute Gasteiger partial charge is 0.224 e. The molecule has 0 saturated carbocycles. The van der Waals surface area contributed by atoms with E-state index in [-0.39, 0.29) is 5.91 Å². The quantitative estimate of drug-likeness (QED) is 0.623. The van der Waals surface area contributed by atoms with E-state index in [1.54, 1.807) is 7.11 Å². The number of hydrogen-bond acceptors (Lipinski definition) is 3. The molecule has 5 heteroatoms. The van der Waals surface area contributed by atoms with Gasteiger partial charge in [-0.05, 0) is 61.6 Å². The Morgan fingerprint density at radius 2 is 2.00 bits per heavy atom. The first-order chi connectivity index (χ1) is 14.6. The highest BCUT2D eigenvalue weighted by molar-refractivity contribution is 5.84. The van der Waals surface area contributed by atoms with Crippen LogP contribution in [0.25, 0.3) is 10.9 Å².